The third kappa shape index (κ3) is 3.29. The van der Waals surface area contributed by atoms with Gasteiger partial charge >= 0.3 is 0 Å². The molecule has 0 saturated heterocycles. The molecule has 0 aliphatic rings. The lowest BCUT2D eigenvalue weighted by molar-refractivity contribution is 0.100. The van der Waals surface area contributed by atoms with Crippen LogP contribution in [0, 0.1) is 13.8 Å². The first-order chi connectivity index (χ1) is 10.9. The molecule has 3 N–H and O–H groups in total. The minimum Gasteiger partial charge on any atom is -0.497 e. The lowest BCUT2D eigenvalue weighted by Gasteiger charge is -2.11. The molecule has 2 amide bonds. The molecule has 7 heteroatoms. The molecule has 0 bridgehead atoms. The first kappa shape index (κ1) is 16.8. The molecule has 122 valence electrons. The van der Waals surface area contributed by atoms with Crippen molar-refractivity contribution in [3.05, 3.63) is 39.8 Å². The van der Waals surface area contributed by atoms with Gasteiger partial charge in [0.2, 0.25) is 0 Å². The highest BCUT2D eigenvalue weighted by atomic mass is 32.1. The molecular formula is C16H18N2O4S. The number of ether oxygens (including phenoxy) is 2. The average molecular weight is 334 g/mol. The SMILES string of the molecule is COc1ccc(OC)c(C(=O)Nc2sc(C)c(C)c2C(N)=O)c1. The van der Waals surface area contributed by atoms with Gasteiger partial charge in [-0.15, -0.1) is 11.3 Å². The molecule has 0 saturated carbocycles. The molecular weight excluding hydrogens is 316 g/mol. The topological polar surface area (TPSA) is 90.7 Å². The first-order valence-corrected chi connectivity index (χ1v) is 7.63. The standard InChI is InChI=1S/C16H18N2O4S/c1-8-9(2)23-16(13(8)14(17)19)18-15(20)11-7-10(21-3)5-6-12(11)22-4/h5-7H,1-4H3,(H2,17,19)(H,18,20). The summed E-state index contributed by atoms with van der Waals surface area (Å²) in [5.41, 5.74) is 6.84. The quantitative estimate of drug-likeness (QED) is 0.879. The number of rotatable bonds is 5. The van der Waals surface area contributed by atoms with Gasteiger partial charge in [0.05, 0.1) is 25.3 Å². The van der Waals surface area contributed by atoms with Gasteiger partial charge in [-0.25, -0.2) is 0 Å². The fourth-order valence-electron chi connectivity index (χ4n) is 2.17. The van der Waals surface area contributed by atoms with Crippen LogP contribution < -0.4 is 20.5 Å². The van der Waals surface area contributed by atoms with E-state index < -0.39 is 11.8 Å². The van der Waals surface area contributed by atoms with Gasteiger partial charge in [0.15, 0.2) is 0 Å². The number of anilines is 1. The molecule has 0 unspecified atom stereocenters. The van der Waals surface area contributed by atoms with E-state index in [-0.39, 0.29) is 0 Å². The third-order valence-corrected chi connectivity index (χ3v) is 4.63. The number of nitrogens with one attached hydrogen (secondary N) is 1. The lowest BCUT2D eigenvalue weighted by atomic mass is 10.1. The molecule has 0 aliphatic carbocycles. The Hall–Kier alpha value is -2.54. The monoisotopic (exact) mass is 334 g/mol. The number of hydrogen-bond acceptors (Lipinski definition) is 5. The number of carbonyl (C=O) groups excluding carboxylic acids is 2. The van der Waals surface area contributed by atoms with Crippen molar-refractivity contribution in [1.29, 1.82) is 0 Å². The average Bonchev–Trinajstić information content (AvgIpc) is 2.80. The summed E-state index contributed by atoms with van der Waals surface area (Å²) < 4.78 is 10.3. The minimum absolute atomic E-state index is 0.311. The van der Waals surface area contributed by atoms with Gasteiger partial charge in [0.1, 0.15) is 16.5 Å². The van der Waals surface area contributed by atoms with Crippen molar-refractivity contribution in [3.8, 4) is 11.5 Å². The van der Waals surface area contributed by atoms with Crippen LogP contribution in [0.4, 0.5) is 5.00 Å². The number of methoxy groups -OCH3 is 2. The van der Waals surface area contributed by atoms with Gasteiger partial charge in [-0.1, -0.05) is 0 Å². The maximum absolute atomic E-state index is 12.6. The van der Waals surface area contributed by atoms with Gasteiger partial charge in [-0.05, 0) is 37.6 Å². The van der Waals surface area contributed by atoms with E-state index >= 15 is 0 Å². The Morgan fingerprint density at radius 3 is 2.43 bits per heavy atom. The van der Waals surface area contributed by atoms with Gasteiger partial charge < -0.3 is 20.5 Å². The first-order valence-electron chi connectivity index (χ1n) is 6.82. The van der Waals surface area contributed by atoms with Crippen LogP contribution in [0.5, 0.6) is 11.5 Å². The predicted octanol–water partition coefficient (Wildman–Crippen LogP) is 2.73. The second-order valence-electron chi connectivity index (χ2n) is 4.87. The van der Waals surface area contributed by atoms with Gasteiger partial charge in [0.25, 0.3) is 11.8 Å². The summed E-state index contributed by atoms with van der Waals surface area (Å²) in [4.78, 5) is 25.1. The number of nitrogens with two attached hydrogens (primary N) is 1. The molecule has 0 atom stereocenters. The molecule has 2 aromatic rings. The van der Waals surface area contributed by atoms with Crippen LogP contribution in [0.15, 0.2) is 18.2 Å². The minimum atomic E-state index is -0.570. The Kier molecular flexibility index (Phi) is 4.90. The second-order valence-corrected chi connectivity index (χ2v) is 6.10. The number of primary amides is 1. The summed E-state index contributed by atoms with van der Waals surface area (Å²) in [6.45, 7) is 3.67. The van der Waals surface area contributed by atoms with E-state index in [2.05, 4.69) is 5.32 Å². The molecule has 0 aliphatic heterocycles. The number of amides is 2. The fraction of sp³-hybridized carbons (Fsp3) is 0.250. The van der Waals surface area contributed by atoms with Crippen molar-refractivity contribution in [2.75, 3.05) is 19.5 Å². The zero-order valence-corrected chi connectivity index (χ0v) is 14.2. The molecule has 6 nitrogen and oxygen atoms in total. The van der Waals surface area contributed by atoms with Crippen LogP contribution >= 0.6 is 11.3 Å². The summed E-state index contributed by atoms with van der Waals surface area (Å²) in [5.74, 6) is -0.0252. The van der Waals surface area contributed by atoms with Crippen LogP contribution in [-0.4, -0.2) is 26.0 Å². The Morgan fingerprint density at radius 1 is 1.17 bits per heavy atom. The van der Waals surface area contributed by atoms with Crippen LogP contribution in [0.3, 0.4) is 0 Å². The predicted molar refractivity (Wildman–Crippen MR) is 89.8 cm³/mol. The maximum atomic E-state index is 12.6. The zero-order chi connectivity index (χ0) is 17.1. The van der Waals surface area contributed by atoms with Gasteiger partial charge in [-0.2, -0.15) is 0 Å². The summed E-state index contributed by atoms with van der Waals surface area (Å²) in [7, 11) is 2.99. The molecule has 2 rings (SSSR count). The van der Waals surface area contributed by atoms with E-state index in [1.54, 1.807) is 25.1 Å². The molecule has 0 radical (unpaired) electrons. The largest absolute Gasteiger partial charge is 0.497 e. The molecule has 23 heavy (non-hydrogen) atoms. The lowest BCUT2D eigenvalue weighted by Crippen LogP contribution is -2.18. The summed E-state index contributed by atoms with van der Waals surface area (Å²) in [6, 6.07) is 4.92. The normalized spacial score (nSPS) is 10.3. The molecule has 1 aromatic carbocycles. The van der Waals surface area contributed by atoms with Gasteiger partial charge in [0, 0.05) is 4.88 Å². The van der Waals surface area contributed by atoms with Crippen molar-refractivity contribution in [1.82, 2.24) is 0 Å². The van der Waals surface area contributed by atoms with Crippen molar-refractivity contribution in [2.24, 2.45) is 5.73 Å². The Bertz CT molecular complexity index is 768. The number of carbonyl (C=O) groups is 2. The van der Waals surface area contributed by atoms with Crippen molar-refractivity contribution in [3.63, 3.8) is 0 Å². The Labute approximate surface area is 138 Å². The highest BCUT2D eigenvalue weighted by Gasteiger charge is 2.21. The van der Waals surface area contributed by atoms with E-state index in [0.717, 1.165) is 10.4 Å². The van der Waals surface area contributed by atoms with E-state index in [0.29, 0.717) is 27.6 Å². The van der Waals surface area contributed by atoms with E-state index in [4.69, 9.17) is 15.2 Å². The fourth-order valence-corrected chi connectivity index (χ4v) is 3.23. The third-order valence-electron chi connectivity index (χ3n) is 3.51. The van der Waals surface area contributed by atoms with Crippen LogP contribution in [0.2, 0.25) is 0 Å². The molecule has 0 spiro atoms. The Balaban J connectivity index is 2.40. The van der Waals surface area contributed by atoms with E-state index in [1.807, 2.05) is 6.92 Å². The van der Waals surface area contributed by atoms with Crippen LogP contribution in [0.25, 0.3) is 0 Å². The number of benzene rings is 1. The highest BCUT2D eigenvalue weighted by Crippen LogP contribution is 2.33. The summed E-state index contributed by atoms with van der Waals surface area (Å²) >= 11 is 1.31. The van der Waals surface area contributed by atoms with E-state index in [9.17, 15) is 9.59 Å². The van der Waals surface area contributed by atoms with Gasteiger partial charge in [-0.3, -0.25) is 9.59 Å². The number of thiophene rings is 1. The highest BCUT2D eigenvalue weighted by molar-refractivity contribution is 7.16. The maximum Gasteiger partial charge on any atom is 0.260 e. The molecule has 1 heterocycles. The van der Waals surface area contributed by atoms with Crippen molar-refractivity contribution in [2.45, 2.75) is 13.8 Å². The van der Waals surface area contributed by atoms with E-state index in [1.165, 1.54) is 25.6 Å². The van der Waals surface area contributed by atoms with Crippen LogP contribution in [-0.2, 0) is 0 Å². The number of hydrogen-bond donors (Lipinski definition) is 2. The van der Waals surface area contributed by atoms with Crippen molar-refractivity contribution < 1.29 is 19.1 Å². The van der Waals surface area contributed by atoms with Crippen LogP contribution in [0.1, 0.15) is 31.2 Å². The number of aryl methyl sites for hydroxylation is 1. The molecule has 0 fully saturated rings. The summed E-state index contributed by atoms with van der Waals surface area (Å²) in [6.07, 6.45) is 0. The summed E-state index contributed by atoms with van der Waals surface area (Å²) in [5, 5.41) is 3.17. The smallest absolute Gasteiger partial charge is 0.260 e. The van der Waals surface area contributed by atoms with Crippen molar-refractivity contribution >= 4 is 28.2 Å². The Morgan fingerprint density at radius 2 is 1.87 bits per heavy atom. The second kappa shape index (κ2) is 6.70. The zero-order valence-electron chi connectivity index (χ0n) is 13.4. The molecule has 1 aromatic heterocycles.